The van der Waals surface area contributed by atoms with Crippen molar-refractivity contribution in [3.05, 3.63) is 12.3 Å². The predicted octanol–water partition coefficient (Wildman–Crippen LogP) is 5.17. The Bertz CT molecular complexity index is 299. The average molecular weight is 281 g/mol. The molecule has 0 saturated heterocycles. The maximum atomic E-state index is 11.4. The van der Waals surface area contributed by atoms with Crippen LogP contribution in [0.25, 0.3) is 0 Å². The smallest absolute Gasteiger partial charge is 0.411 e. The summed E-state index contributed by atoms with van der Waals surface area (Å²) in [7, 11) is 0. The molecule has 3 heteroatoms. The fourth-order valence-electron chi connectivity index (χ4n) is 2.69. The van der Waals surface area contributed by atoms with Gasteiger partial charge in [0.05, 0.1) is 0 Å². The maximum absolute atomic E-state index is 11.4. The van der Waals surface area contributed by atoms with Gasteiger partial charge in [-0.05, 0) is 39.5 Å². The highest BCUT2D eigenvalue weighted by Gasteiger charge is 2.14. The Morgan fingerprint density at radius 2 is 1.90 bits per heavy atom. The molecule has 0 bridgehead atoms. The lowest BCUT2D eigenvalue weighted by atomic mass is 9.86. The van der Waals surface area contributed by atoms with E-state index in [9.17, 15) is 4.79 Å². The van der Waals surface area contributed by atoms with E-state index in [-0.39, 0.29) is 6.09 Å². The minimum atomic E-state index is -0.433. The number of nitrogens with one attached hydrogen (secondary N) is 1. The van der Waals surface area contributed by atoms with Gasteiger partial charge in [0.25, 0.3) is 0 Å². The van der Waals surface area contributed by atoms with Crippen LogP contribution in [0.15, 0.2) is 12.3 Å². The summed E-state index contributed by atoms with van der Waals surface area (Å²) >= 11 is 0. The molecule has 1 aliphatic carbocycles. The summed E-state index contributed by atoms with van der Waals surface area (Å²) in [4.78, 5) is 11.4. The molecule has 0 aromatic carbocycles. The number of allylic oxidation sites excluding steroid dienone is 1. The Labute approximate surface area is 124 Å². The fourth-order valence-corrected chi connectivity index (χ4v) is 2.69. The molecule has 1 N–H and O–H groups in total. The second-order valence-corrected chi connectivity index (χ2v) is 6.84. The van der Waals surface area contributed by atoms with Crippen molar-refractivity contribution in [3.63, 3.8) is 0 Å². The molecule has 1 rings (SSSR count). The SMILES string of the molecule is CC(C)(C)OC(=O)NC=CCCCCC1CCCCC1. The first-order chi connectivity index (χ1) is 9.47. The van der Waals surface area contributed by atoms with E-state index in [1.165, 1.54) is 51.4 Å². The number of unbranched alkanes of at least 4 members (excludes halogenated alkanes) is 2. The van der Waals surface area contributed by atoms with Gasteiger partial charge in [-0.1, -0.05) is 51.0 Å². The van der Waals surface area contributed by atoms with Crippen LogP contribution in [0.3, 0.4) is 0 Å². The topological polar surface area (TPSA) is 38.3 Å². The number of ether oxygens (including phenoxy) is 1. The molecule has 0 aliphatic heterocycles. The van der Waals surface area contributed by atoms with Crippen LogP contribution < -0.4 is 5.32 Å². The zero-order chi connectivity index (χ0) is 14.8. The van der Waals surface area contributed by atoms with Crippen LogP contribution >= 0.6 is 0 Å². The molecule has 0 heterocycles. The van der Waals surface area contributed by atoms with Crippen molar-refractivity contribution in [2.24, 2.45) is 5.92 Å². The number of hydrogen-bond acceptors (Lipinski definition) is 2. The Morgan fingerprint density at radius 1 is 1.20 bits per heavy atom. The molecule has 1 saturated carbocycles. The highest BCUT2D eigenvalue weighted by Crippen LogP contribution is 2.27. The normalized spacial score (nSPS) is 17.4. The standard InChI is InChI=1S/C17H31NO2/c1-17(2,3)20-16(19)18-14-10-5-4-7-11-15-12-8-6-9-13-15/h10,14-15H,4-9,11-13H2,1-3H3,(H,18,19). The van der Waals surface area contributed by atoms with Crippen molar-refractivity contribution >= 4 is 6.09 Å². The summed E-state index contributed by atoms with van der Waals surface area (Å²) < 4.78 is 5.14. The average Bonchev–Trinajstić information content (AvgIpc) is 2.37. The third-order valence-corrected chi connectivity index (χ3v) is 3.68. The molecule has 3 nitrogen and oxygen atoms in total. The summed E-state index contributed by atoms with van der Waals surface area (Å²) in [5.41, 5.74) is -0.433. The highest BCUT2D eigenvalue weighted by atomic mass is 16.6. The lowest BCUT2D eigenvalue weighted by Crippen LogP contribution is -2.29. The first kappa shape index (κ1) is 17.1. The van der Waals surface area contributed by atoms with Crippen LogP contribution in [-0.2, 0) is 4.74 Å². The Morgan fingerprint density at radius 3 is 2.55 bits per heavy atom. The number of amides is 1. The summed E-state index contributed by atoms with van der Waals surface area (Å²) in [6.45, 7) is 5.59. The minimum absolute atomic E-state index is 0.379. The van der Waals surface area contributed by atoms with Gasteiger partial charge in [0.15, 0.2) is 0 Å². The minimum Gasteiger partial charge on any atom is -0.444 e. The van der Waals surface area contributed by atoms with Gasteiger partial charge >= 0.3 is 6.09 Å². The Balaban J connectivity index is 1.97. The first-order valence-electron chi connectivity index (χ1n) is 8.12. The third kappa shape index (κ3) is 9.00. The number of carbonyl (C=O) groups is 1. The number of rotatable bonds is 6. The molecule has 116 valence electrons. The molecule has 0 unspecified atom stereocenters. The van der Waals surface area contributed by atoms with E-state index < -0.39 is 5.60 Å². The van der Waals surface area contributed by atoms with Crippen LogP contribution in [0.5, 0.6) is 0 Å². The molecule has 20 heavy (non-hydrogen) atoms. The molecular weight excluding hydrogens is 250 g/mol. The number of alkyl carbamates (subject to hydrolysis) is 1. The molecule has 1 amide bonds. The summed E-state index contributed by atoms with van der Waals surface area (Å²) in [6.07, 6.45) is 15.5. The van der Waals surface area contributed by atoms with E-state index in [1.807, 2.05) is 26.8 Å². The zero-order valence-corrected chi connectivity index (χ0v) is 13.4. The van der Waals surface area contributed by atoms with Crippen LogP contribution in [-0.4, -0.2) is 11.7 Å². The van der Waals surface area contributed by atoms with Gasteiger partial charge in [0, 0.05) is 6.20 Å². The number of carbonyl (C=O) groups excluding carboxylic acids is 1. The summed E-state index contributed by atoms with van der Waals surface area (Å²) in [5.74, 6) is 0.979. The molecule has 0 radical (unpaired) electrons. The van der Waals surface area contributed by atoms with Crippen molar-refractivity contribution in [1.29, 1.82) is 0 Å². The molecular formula is C17H31NO2. The first-order valence-corrected chi connectivity index (χ1v) is 8.12. The molecule has 1 aliphatic rings. The Hall–Kier alpha value is -0.990. The molecule has 0 aromatic heterocycles. The largest absolute Gasteiger partial charge is 0.444 e. The summed E-state index contributed by atoms with van der Waals surface area (Å²) in [5, 5.41) is 2.64. The van der Waals surface area contributed by atoms with Crippen molar-refractivity contribution < 1.29 is 9.53 Å². The van der Waals surface area contributed by atoms with Gasteiger partial charge < -0.3 is 4.74 Å². The number of hydrogen-bond donors (Lipinski definition) is 1. The molecule has 1 fully saturated rings. The van der Waals surface area contributed by atoms with Crippen molar-refractivity contribution in [2.45, 2.75) is 84.2 Å². The zero-order valence-electron chi connectivity index (χ0n) is 13.4. The van der Waals surface area contributed by atoms with Gasteiger partial charge in [0.2, 0.25) is 0 Å². The maximum Gasteiger partial charge on any atom is 0.411 e. The molecule has 0 atom stereocenters. The van der Waals surface area contributed by atoms with E-state index in [0.29, 0.717) is 0 Å². The van der Waals surface area contributed by atoms with E-state index in [1.54, 1.807) is 6.20 Å². The van der Waals surface area contributed by atoms with Crippen molar-refractivity contribution in [3.8, 4) is 0 Å². The van der Waals surface area contributed by atoms with Crippen molar-refractivity contribution in [2.75, 3.05) is 0 Å². The lowest BCUT2D eigenvalue weighted by molar-refractivity contribution is 0.0552. The molecule has 0 spiro atoms. The highest BCUT2D eigenvalue weighted by molar-refractivity contribution is 5.68. The van der Waals surface area contributed by atoms with Crippen LogP contribution in [0.2, 0.25) is 0 Å². The van der Waals surface area contributed by atoms with Crippen LogP contribution in [0, 0.1) is 5.92 Å². The van der Waals surface area contributed by atoms with Gasteiger partial charge in [-0.3, -0.25) is 5.32 Å². The second-order valence-electron chi connectivity index (χ2n) is 6.84. The van der Waals surface area contributed by atoms with E-state index >= 15 is 0 Å². The van der Waals surface area contributed by atoms with Gasteiger partial charge in [0.1, 0.15) is 5.60 Å². The second kappa shape index (κ2) is 9.04. The fraction of sp³-hybridized carbons (Fsp3) is 0.824. The van der Waals surface area contributed by atoms with Gasteiger partial charge in [-0.2, -0.15) is 0 Å². The lowest BCUT2D eigenvalue weighted by Gasteiger charge is -2.21. The van der Waals surface area contributed by atoms with E-state index in [0.717, 1.165) is 12.3 Å². The quantitative estimate of drug-likeness (QED) is 0.682. The van der Waals surface area contributed by atoms with E-state index in [4.69, 9.17) is 4.74 Å². The van der Waals surface area contributed by atoms with Crippen molar-refractivity contribution in [1.82, 2.24) is 5.32 Å². The van der Waals surface area contributed by atoms with E-state index in [2.05, 4.69) is 5.32 Å². The van der Waals surface area contributed by atoms with Crippen LogP contribution in [0.4, 0.5) is 4.79 Å². The monoisotopic (exact) mass is 281 g/mol. The predicted molar refractivity (Wildman–Crippen MR) is 83.6 cm³/mol. The Kier molecular flexibility index (Phi) is 7.71. The summed E-state index contributed by atoms with van der Waals surface area (Å²) in [6, 6.07) is 0. The molecule has 0 aromatic rings. The third-order valence-electron chi connectivity index (χ3n) is 3.68. The van der Waals surface area contributed by atoms with Gasteiger partial charge in [-0.15, -0.1) is 0 Å². The van der Waals surface area contributed by atoms with Crippen LogP contribution in [0.1, 0.15) is 78.6 Å². The van der Waals surface area contributed by atoms with Gasteiger partial charge in [-0.25, -0.2) is 4.79 Å².